The number of benzene rings is 2. The molecule has 0 amide bonds. The first-order valence-corrected chi connectivity index (χ1v) is 5.24. The van der Waals surface area contributed by atoms with Crippen LogP contribution in [-0.4, -0.2) is 7.11 Å². The predicted octanol–water partition coefficient (Wildman–Crippen LogP) is 0.905. The van der Waals surface area contributed by atoms with Crippen LogP contribution in [-0.2, 0) is 6.54 Å². The predicted molar refractivity (Wildman–Crippen MR) is 66.2 cm³/mol. The first-order valence-electron chi connectivity index (χ1n) is 5.24. The van der Waals surface area contributed by atoms with Gasteiger partial charge in [-0.15, -0.1) is 12.2 Å². The van der Waals surface area contributed by atoms with Crippen LogP contribution in [0.25, 0.3) is 5.32 Å². The SMILES string of the molecule is COc1ccc([N-]Cc2ccccc2)cc1.[Li+]. The van der Waals surface area contributed by atoms with Gasteiger partial charge < -0.3 is 10.1 Å². The summed E-state index contributed by atoms with van der Waals surface area (Å²) in [5.41, 5.74) is 2.20. The van der Waals surface area contributed by atoms with Crippen LogP contribution in [0.1, 0.15) is 5.56 Å². The van der Waals surface area contributed by atoms with Crippen LogP contribution in [0.4, 0.5) is 5.69 Å². The average molecular weight is 219 g/mol. The molecule has 0 aromatic heterocycles. The number of hydrogen-bond acceptors (Lipinski definition) is 1. The van der Waals surface area contributed by atoms with E-state index in [0.29, 0.717) is 6.54 Å². The molecule has 2 aromatic rings. The van der Waals surface area contributed by atoms with E-state index in [4.69, 9.17) is 4.74 Å². The minimum atomic E-state index is 0. The summed E-state index contributed by atoms with van der Waals surface area (Å²) in [5.74, 6) is 0.860. The molecule has 0 atom stereocenters. The maximum atomic E-state index is 5.09. The summed E-state index contributed by atoms with van der Waals surface area (Å²) in [6, 6.07) is 18.0. The molecule has 2 nitrogen and oxygen atoms in total. The molecule has 0 radical (unpaired) electrons. The van der Waals surface area contributed by atoms with Crippen molar-refractivity contribution < 1.29 is 23.6 Å². The summed E-state index contributed by atoms with van der Waals surface area (Å²) in [6.07, 6.45) is 0. The molecule has 0 N–H and O–H groups in total. The fourth-order valence-electron chi connectivity index (χ4n) is 1.45. The Morgan fingerprint density at radius 1 is 0.941 bits per heavy atom. The number of ether oxygens (including phenoxy) is 1. The maximum Gasteiger partial charge on any atom is 1.00 e. The summed E-state index contributed by atoms with van der Waals surface area (Å²) >= 11 is 0. The van der Waals surface area contributed by atoms with Crippen molar-refractivity contribution >= 4 is 5.69 Å². The van der Waals surface area contributed by atoms with Crippen molar-refractivity contribution in [2.24, 2.45) is 0 Å². The van der Waals surface area contributed by atoms with Crippen molar-refractivity contribution in [3.63, 3.8) is 0 Å². The third kappa shape index (κ3) is 4.18. The van der Waals surface area contributed by atoms with Crippen LogP contribution >= 0.6 is 0 Å². The van der Waals surface area contributed by atoms with E-state index in [1.54, 1.807) is 7.11 Å². The van der Waals surface area contributed by atoms with Crippen molar-refractivity contribution in [1.29, 1.82) is 0 Å². The van der Waals surface area contributed by atoms with Crippen LogP contribution in [0.2, 0.25) is 0 Å². The molecule has 0 aliphatic rings. The Bertz CT molecular complexity index is 428. The minimum absolute atomic E-state index is 0. The van der Waals surface area contributed by atoms with Crippen molar-refractivity contribution in [3.8, 4) is 5.75 Å². The van der Waals surface area contributed by atoms with Crippen LogP contribution in [0.15, 0.2) is 54.6 Å². The van der Waals surface area contributed by atoms with Crippen molar-refractivity contribution in [3.05, 3.63) is 65.5 Å². The Kier molecular flexibility index (Phi) is 5.69. The van der Waals surface area contributed by atoms with Crippen LogP contribution < -0.4 is 23.6 Å². The second-order valence-corrected chi connectivity index (χ2v) is 3.50. The zero-order valence-corrected chi connectivity index (χ0v) is 10.3. The number of hydrogen-bond donors (Lipinski definition) is 0. The van der Waals surface area contributed by atoms with E-state index in [1.165, 1.54) is 5.56 Å². The van der Waals surface area contributed by atoms with E-state index in [-0.39, 0.29) is 18.9 Å². The van der Waals surface area contributed by atoms with Crippen molar-refractivity contribution in [1.82, 2.24) is 0 Å². The van der Waals surface area contributed by atoms with Gasteiger partial charge in [-0.05, 0) is 12.1 Å². The van der Waals surface area contributed by atoms with Crippen molar-refractivity contribution in [2.45, 2.75) is 6.54 Å². The Labute approximate surface area is 114 Å². The number of nitrogens with zero attached hydrogens (tertiary/aromatic N) is 1. The summed E-state index contributed by atoms with van der Waals surface area (Å²) in [7, 11) is 1.66. The molecule has 0 aliphatic heterocycles. The van der Waals surface area contributed by atoms with E-state index < -0.39 is 0 Å². The van der Waals surface area contributed by atoms with E-state index in [0.717, 1.165) is 11.4 Å². The van der Waals surface area contributed by atoms with Gasteiger partial charge in [0.15, 0.2) is 0 Å². The summed E-state index contributed by atoms with van der Waals surface area (Å²) in [6.45, 7) is 0.715. The molecule has 0 unspecified atom stereocenters. The molecule has 0 aliphatic carbocycles. The maximum absolute atomic E-state index is 5.09. The molecule has 2 aromatic carbocycles. The van der Waals surface area contributed by atoms with Gasteiger partial charge in [0, 0.05) is 0 Å². The normalized spacial score (nSPS) is 9.24. The van der Waals surface area contributed by atoms with Gasteiger partial charge in [0.25, 0.3) is 0 Å². The van der Waals surface area contributed by atoms with Gasteiger partial charge >= 0.3 is 18.9 Å². The molecule has 0 saturated heterocycles. The summed E-state index contributed by atoms with van der Waals surface area (Å²) in [4.78, 5) is 0. The molecule has 3 heteroatoms. The number of rotatable bonds is 4. The Morgan fingerprint density at radius 3 is 2.18 bits per heavy atom. The smallest absolute Gasteiger partial charge is 0.681 e. The van der Waals surface area contributed by atoms with E-state index >= 15 is 0 Å². The van der Waals surface area contributed by atoms with E-state index in [1.807, 2.05) is 42.5 Å². The molecular weight excluding hydrogens is 205 g/mol. The zero-order chi connectivity index (χ0) is 11.2. The molecule has 0 saturated carbocycles. The van der Waals surface area contributed by atoms with Crippen LogP contribution in [0, 0.1) is 0 Å². The first kappa shape index (κ1) is 13.7. The molecule has 82 valence electrons. The fourth-order valence-corrected chi connectivity index (χ4v) is 1.45. The topological polar surface area (TPSA) is 23.3 Å². The summed E-state index contributed by atoms with van der Waals surface area (Å²) in [5, 5.41) is 4.50. The monoisotopic (exact) mass is 219 g/mol. The van der Waals surface area contributed by atoms with Gasteiger partial charge in [0.2, 0.25) is 0 Å². The molecule has 0 bridgehead atoms. The average Bonchev–Trinajstić information content (AvgIpc) is 2.38. The van der Waals surface area contributed by atoms with Gasteiger partial charge in [-0.3, -0.25) is 0 Å². The van der Waals surface area contributed by atoms with Gasteiger partial charge in [-0.2, -0.15) is 0 Å². The molecule has 17 heavy (non-hydrogen) atoms. The Hall–Kier alpha value is -1.36. The fraction of sp³-hybridized carbons (Fsp3) is 0.143. The van der Waals surface area contributed by atoms with Crippen LogP contribution in [0.3, 0.4) is 0 Å². The van der Waals surface area contributed by atoms with Gasteiger partial charge in [-0.25, -0.2) is 0 Å². The molecular formula is C14H14LiNO. The second kappa shape index (κ2) is 7.06. The second-order valence-electron chi connectivity index (χ2n) is 3.50. The third-order valence-corrected chi connectivity index (χ3v) is 2.36. The zero-order valence-electron chi connectivity index (χ0n) is 10.3. The standard InChI is InChI=1S/C14H14NO.Li/c1-16-14-9-7-13(8-10-14)15-11-12-5-3-2-4-6-12;/h2-10H,11H2,1H3;/q-1;+1. The Morgan fingerprint density at radius 2 is 1.59 bits per heavy atom. The first-order chi connectivity index (χ1) is 7.88. The third-order valence-electron chi connectivity index (χ3n) is 2.36. The van der Waals surface area contributed by atoms with E-state index in [9.17, 15) is 0 Å². The van der Waals surface area contributed by atoms with Gasteiger partial charge in [0.1, 0.15) is 5.75 Å². The number of methoxy groups -OCH3 is 1. The Balaban J connectivity index is 0.00000144. The minimum Gasteiger partial charge on any atom is -0.681 e. The summed E-state index contributed by atoms with van der Waals surface area (Å²) < 4.78 is 5.09. The van der Waals surface area contributed by atoms with Gasteiger partial charge in [0.05, 0.1) is 7.11 Å². The molecule has 2 rings (SSSR count). The van der Waals surface area contributed by atoms with E-state index in [2.05, 4.69) is 17.4 Å². The molecule has 0 spiro atoms. The van der Waals surface area contributed by atoms with Crippen LogP contribution in [0.5, 0.6) is 5.75 Å². The van der Waals surface area contributed by atoms with Gasteiger partial charge in [-0.1, -0.05) is 48.0 Å². The quantitative estimate of drug-likeness (QED) is 0.701. The largest absolute Gasteiger partial charge is 1.00 e. The van der Waals surface area contributed by atoms with Crippen molar-refractivity contribution in [2.75, 3.05) is 7.11 Å². The molecule has 0 heterocycles. The molecule has 0 fully saturated rings.